The fraction of sp³-hybridized carbons (Fsp3) is 0.474. The van der Waals surface area contributed by atoms with Crippen LogP contribution in [0.1, 0.15) is 33.3 Å². The van der Waals surface area contributed by atoms with E-state index in [1.807, 2.05) is 13.8 Å². The van der Waals surface area contributed by atoms with Crippen LogP contribution in [0.5, 0.6) is 11.8 Å². The van der Waals surface area contributed by atoms with Crippen molar-refractivity contribution in [1.29, 1.82) is 0 Å². The lowest BCUT2D eigenvalue weighted by atomic mass is 10.2. The molecule has 148 valence electrons. The summed E-state index contributed by atoms with van der Waals surface area (Å²) in [4.78, 5) is 9.01. The van der Waals surface area contributed by atoms with E-state index in [4.69, 9.17) is 9.47 Å². The van der Waals surface area contributed by atoms with Gasteiger partial charge in [-0.25, -0.2) is 4.98 Å². The van der Waals surface area contributed by atoms with Crippen LogP contribution < -0.4 is 14.4 Å². The van der Waals surface area contributed by atoms with Gasteiger partial charge in [-0.15, -0.1) is 0 Å². The van der Waals surface area contributed by atoms with Crippen molar-refractivity contribution in [2.45, 2.75) is 40.0 Å². The van der Waals surface area contributed by atoms with Crippen molar-refractivity contribution in [3.63, 3.8) is 0 Å². The van der Waals surface area contributed by atoms with E-state index in [2.05, 4.69) is 9.97 Å². The predicted octanol–water partition coefficient (Wildman–Crippen LogP) is 5.09. The van der Waals surface area contributed by atoms with Crippen molar-refractivity contribution in [3.8, 4) is 11.8 Å². The van der Waals surface area contributed by atoms with Crippen LogP contribution in [0.3, 0.4) is 0 Å². The summed E-state index contributed by atoms with van der Waals surface area (Å²) >= 11 is 0. The van der Waals surface area contributed by atoms with Gasteiger partial charge in [0.25, 0.3) is 0 Å². The van der Waals surface area contributed by atoms with Gasteiger partial charge < -0.3 is 14.4 Å². The van der Waals surface area contributed by atoms with Crippen molar-refractivity contribution in [2.75, 3.05) is 18.6 Å². The van der Waals surface area contributed by atoms with Gasteiger partial charge in [0.1, 0.15) is 11.3 Å². The molecule has 0 radical (unpaired) electrons. The molecular formula is C19H24F3N3O2. The number of aromatic nitrogens is 2. The van der Waals surface area contributed by atoms with Gasteiger partial charge in [-0.2, -0.15) is 18.2 Å². The van der Waals surface area contributed by atoms with E-state index in [-0.39, 0.29) is 17.9 Å². The zero-order chi connectivity index (χ0) is 20.2. The first-order chi connectivity index (χ1) is 12.6. The Kier molecular flexibility index (Phi) is 6.51. The Bertz CT molecular complexity index is 747. The molecular weight excluding hydrogens is 359 g/mol. The lowest BCUT2D eigenvalue weighted by Gasteiger charge is -2.23. The predicted molar refractivity (Wildman–Crippen MR) is 97.6 cm³/mol. The number of hydrogen-bond acceptors (Lipinski definition) is 5. The summed E-state index contributed by atoms with van der Waals surface area (Å²) in [6.07, 6.45) is -4.09. The van der Waals surface area contributed by atoms with Gasteiger partial charge in [-0.05, 0) is 44.0 Å². The molecule has 0 aliphatic carbocycles. The molecule has 0 amide bonds. The fourth-order valence-corrected chi connectivity index (χ4v) is 2.23. The maximum absolute atomic E-state index is 13.4. The molecule has 1 heterocycles. The number of rotatable bonds is 7. The first-order valence-corrected chi connectivity index (χ1v) is 8.65. The van der Waals surface area contributed by atoms with Crippen LogP contribution in [0.15, 0.2) is 30.5 Å². The number of ether oxygens (including phenoxy) is 2. The first-order valence-electron chi connectivity index (χ1n) is 8.65. The summed E-state index contributed by atoms with van der Waals surface area (Å²) in [7, 11) is 1.51. The van der Waals surface area contributed by atoms with Crippen LogP contribution >= 0.6 is 0 Å². The highest BCUT2D eigenvalue weighted by molar-refractivity contribution is 5.63. The fourth-order valence-electron chi connectivity index (χ4n) is 2.23. The molecule has 8 heteroatoms. The standard InChI is InChI=1S/C19H24F3N3O2/c1-12(2)11-26-15-8-6-14(7-9-15)25(5)17-16(19(20,21)22)10-23-18(24-17)27-13(3)4/h6-10,12-13H,11H2,1-5H3. The van der Waals surface area contributed by atoms with Crippen LogP contribution in [-0.2, 0) is 6.18 Å². The Balaban J connectivity index is 2.33. The highest BCUT2D eigenvalue weighted by atomic mass is 19.4. The van der Waals surface area contributed by atoms with Gasteiger partial charge in [-0.1, -0.05) is 13.8 Å². The summed E-state index contributed by atoms with van der Waals surface area (Å²) in [5, 5.41) is 0. The molecule has 0 aliphatic rings. The summed E-state index contributed by atoms with van der Waals surface area (Å²) in [6.45, 7) is 8.13. The van der Waals surface area contributed by atoms with Gasteiger partial charge in [0.05, 0.1) is 12.7 Å². The monoisotopic (exact) mass is 383 g/mol. The van der Waals surface area contributed by atoms with Crippen LogP contribution in [0.2, 0.25) is 0 Å². The molecule has 0 saturated heterocycles. The number of benzene rings is 1. The molecule has 0 saturated carbocycles. The highest BCUT2D eigenvalue weighted by Crippen LogP contribution is 2.38. The summed E-state index contributed by atoms with van der Waals surface area (Å²) in [6, 6.07) is 6.70. The molecule has 0 aliphatic heterocycles. The Morgan fingerprint density at radius 3 is 2.22 bits per heavy atom. The minimum absolute atomic E-state index is 0.100. The lowest BCUT2D eigenvalue weighted by molar-refractivity contribution is -0.137. The van der Waals surface area contributed by atoms with Crippen molar-refractivity contribution >= 4 is 11.5 Å². The normalized spacial score (nSPS) is 11.8. The second kappa shape index (κ2) is 8.45. The van der Waals surface area contributed by atoms with E-state index in [1.54, 1.807) is 38.1 Å². The average molecular weight is 383 g/mol. The van der Waals surface area contributed by atoms with Crippen LogP contribution in [0.25, 0.3) is 0 Å². The van der Waals surface area contributed by atoms with E-state index in [0.29, 0.717) is 24.0 Å². The molecule has 0 unspecified atom stereocenters. The van der Waals surface area contributed by atoms with Crippen molar-refractivity contribution in [3.05, 3.63) is 36.0 Å². The first kappa shape index (κ1) is 20.8. The Morgan fingerprint density at radius 1 is 1.07 bits per heavy atom. The molecule has 5 nitrogen and oxygen atoms in total. The quantitative estimate of drug-likeness (QED) is 0.667. The van der Waals surface area contributed by atoms with Gasteiger partial charge in [0.15, 0.2) is 5.82 Å². The van der Waals surface area contributed by atoms with Gasteiger partial charge in [-0.3, -0.25) is 0 Å². The van der Waals surface area contributed by atoms with Crippen LogP contribution in [0, 0.1) is 5.92 Å². The zero-order valence-electron chi connectivity index (χ0n) is 16.0. The van der Waals surface area contributed by atoms with Gasteiger partial charge >= 0.3 is 12.2 Å². The average Bonchev–Trinajstić information content (AvgIpc) is 2.58. The minimum Gasteiger partial charge on any atom is -0.493 e. The van der Waals surface area contributed by atoms with Crippen molar-refractivity contribution in [2.24, 2.45) is 5.92 Å². The molecule has 1 aromatic carbocycles. The maximum Gasteiger partial charge on any atom is 0.421 e. The lowest BCUT2D eigenvalue weighted by Crippen LogP contribution is -2.20. The largest absolute Gasteiger partial charge is 0.493 e. The smallest absolute Gasteiger partial charge is 0.421 e. The number of halogens is 3. The number of anilines is 2. The molecule has 0 fully saturated rings. The molecule has 2 aromatic rings. The second-order valence-electron chi connectivity index (χ2n) is 6.81. The second-order valence-corrected chi connectivity index (χ2v) is 6.81. The Labute approximate surface area is 157 Å². The van der Waals surface area contributed by atoms with E-state index in [1.165, 1.54) is 11.9 Å². The summed E-state index contributed by atoms with van der Waals surface area (Å²) in [5.41, 5.74) is -0.396. The van der Waals surface area contributed by atoms with E-state index in [0.717, 1.165) is 6.20 Å². The number of hydrogen-bond donors (Lipinski definition) is 0. The van der Waals surface area contributed by atoms with E-state index >= 15 is 0 Å². The third-order valence-electron chi connectivity index (χ3n) is 3.52. The maximum atomic E-state index is 13.4. The van der Waals surface area contributed by atoms with Crippen LogP contribution in [-0.4, -0.2) is 29.7 Å². The van der Waals surface area contributed by atoms with E-state index in [9.17, 15) is 13.2 Å². The Hall–Kier alpha value is -2.51. The molecule has 2 rings (SSSR count). The van der Waals surface area contributed by atoms with Crippen LogP contribution in [0.4, 0.5) is 24.7 Å². The Morgan fingerprint density at radius 2 is 1.70 bits per heavy atom. The van der Waals surface area contributed by atoms with Crippen molar-refractivity contribution in [1.82, 2.24) is 9.97 Å². The van der Waals surface area contributed by atoms with E-state index < -0.39 is 11.7 Å². The summed E-state index contributed by atoms with van der Waals surface area (Å²) in [5.74, 6) is 0.759. The van der Waals surface area contributed by atoms with Crippen molar-refractivity contribution < 1.29 is 22.6 Å². The van der Waals surface area contributed by atoms with Gasteiger partial charge in [0, 0.05) is 18.9 Å². The molecule has 0 spiro atoms. The molecule has 0 atom stereocenters. The molecule has 27 heavy (non-hydrogen) atoms. The third kappa shape index (κ3) is 5.74. The highest BCUT2D eigenvalue weighted by Gasteiger charge is 2.36. The zero-order valence-corrected chi connectivity index (χ0v) is 16.0. The number of alkyl halides is 3. The topological polar surface area (TPSA) is 47.5 Å². The molecule has 0 bridgehead atoms. The minimum atomic E-state index is -4.58. The molecule has 1 aromatic heterocycles. The number of nitrogens with zero attached hydrogens (tertiary/aromatic N) is 3. The van der Waals surface area contributed by atoms with Gasteiger partial charge in [0.2, 0.25) is 0 Å². The third-order valence-corrected chi connectivity index (χ3v) is 3.52. The SMILES string of the molecule is CC(C)COc1ccc(N(C)c2nc(OC(C)C)ncc2C(F)(F)F)cc1. The summed E-state index contributed by atoms with van der Waals surface area (Å²) < 4.78 is 51.1. The molecule has 0 N–H and O–H groups in total.